The van der Waals surface area contributed by atoms with E-state index in [4.69, 9.17) is 22.1 Å². The molecule has 1 saturated carbocycles. The van der Waals surface area contributed by atoms with Gasteiger partial charge < -0.3 is 15.4 Å². The Morgan fingerprint density at radius 2 is 1.89 bits per heavy atom. The molecular weight excluding hydrogens is 502 g/mol. The van der Waals surface area contributed by atoms with Crippen LogP contribution in [0.15, 0.2) is 54.6 Å². The summed E-state index contributed by atoms with van der Waals surface area (Å²) in [6.07, 6.45) is 4.20. The summed E-state index contributed by atoms with van der Waals surface area (Å²) in [5, 5.41) is 1.48. The van der Waals surface area contributed by atoms with Gasteiger partial charge in [-0.1, -0.05) is 42.8 Å². The average Bonchev–Trinajstić information content (AvgIpc) is 3.24. The molecular formula is C30H32ClN3O2S. The average molecular weight is 534 g/mol. The Morgan fingerprint density at radius 1 is 1.14 bits per heavy atom. The van der Waals surface area contributed by atoms with Crippen molar-refractivity contribution >= 4 is 44.7 Å². The zero-order valence-corrected chi connectivity index (χ0v) is 23.0. The van der Waals surface area contributed by atoms with Gasteiger partial charge in [-0.2, -0.15) is 0 Å². The Balaban J connectivity index is 1.55. The lowest BCUT2D eigenvalue weighted by Crippen LogP contribution is -2.41. The minimum atomic E-state index is -0.0106. The van der Waals surface area contributed by atoms with Gasteiger partial charge >= 0.3 is 0 Å². The number of amides is 1. The number of nitrogen functional groups attached to an aromatic ring is 1. The van der Waals surface area contributed by atoms with Crippen molar-refractivity contribution in [2.45, 2.75) is 52.1 Å². The van der Waals surface area contributed by atoms with Gasteiger partial charge in [0, 0.05) is 39.5 Å². The summed E-state index contributed by atoms with van der Waals surface area (Å²) in [7, 11) is 1.67. The molecule has 192 valence electrons. The van der Waals surface area contributed by atoms with Crippen molar-refractivity contribution in [3.8, 4) is 16.9 Å². The number of nitrogens with two attached hydrogens (primary N) is 1. The number of methoxy groups -OCH3 is 1. The minimum absolute atomic E-state index is 0.0106. The SMILES string of the molecule is COc1ccc(-c2ccc(N)nc2C)cc1CN(C(=O)c1sc2ccccc2c1Cl)[C@H]1CC[C@H](C)CC1. The number of ether oxygens (including phenoxy) is 1. The predicted molar refractivity (Wildman–Crippen MR) is 154 cm³/mol. The standard InChI is InChI=1S/C30H32ClN3O2S/c1-18-8-11-22(12-9-18)34(30(35)29-28(31)24-6-4-5-7-26(24)37-29)17-21-16-20(10-14-25(21)36-3)23-13-15-27(32)33-19(23)2/h4-7,10,13-16,18,22H,8-9,11-12,17H2,1-3H3,(H2,32,33)/t18-,22-. The van der Waals surface area contributed by atoms with E-state index in [-0.39, 0.29) is 11.9 Å². The van der Waals surface area contributed by atoms with Crippen LogP contribution in [0.25, 0.3) is 21.2 Å². The number of pyridine rings is 1. The molecule has 0 aliphatic heterocycles. The third-order valence-electron chi connectivity index (χ3n) is 7.46. The monoisotopic (exact) mass is 533 g/mol. The number of fused-ring (bicyclic) bond motifs is 1. The zero-order valence-electron chi connectivity index (χ0n) is 21.5. The van der Waals surface area contributed by atoms with Crippen LogP contribution in [-0.4, -0.2) is 28.9 Å². The van der Waals surface area contributed by atoms with E-state index in [1.807, 2.05) is 60.4 Å². The van der Waals surface area contributed by atoms with Crippen molar-refractivity contribution in [1.82, 2.24) is 9.88 Å². The second-order valence-corrected chi connectivity index (χ2v) is 11.4. The highest BCUT2D eigenvalue weighted by molar-refractivity contribution is 7.21. The normalized spacial score (nSPS) is 17.6. The highest BCUT2D eigenvalue weighted by Crippen LogP contribution is 2.39. The number of aryl methyl sites for hydroxylation is 1. The maximum atomic E-state index is 14.2. The molecule has 2 N–H and O–H groups in total. The summed E-state index contributed by atoms with van der Waals surface area (Å²) < 4.78 is 6.78. The topological polar surface area (TPSA) is 68.5 Å². The van der Waals surface area contributed by atoms with Crippen LogP contribution in [0.3, 0.4) is 0 Å². The molecule has 2 heterocycles. The third kappa shape index (κ3) is 5.18. The molecule has 5 rings (SSSR count). The van der Waals surface area contributed by atoms with E-state index in [1.54, 1.807) is 7.11 Å². The second-order valence-electron chi connectivity index (χ2n) is 9.98. The molecule has 0 unspecified atom stereocenters. The first-order valence-corrected chi connectivity index (χ1v) is 13.9. The maximum absolute atomic E-state index is 14.2. The molecule has 2 aromatic heterocycles. The molecule has 0 spiro atoms. The van der Waals surface area contributed by atoms with Gasteiger partial charge in [0.15, 0.2) is 0 Å². The van der Waals surface area contributed by atoms with E-state index in [9.17, 15) is 4.79 Å². The number of aromatic nitrogens is 1. The molecule has 0 radical (unpaired) electrons. The highest BCUT2D eigenvalue weighted by Gasteiger charge is 2.31. The summed E-state index contributed by atoms with van der Waals surface area (Å²) in [5.74, 6) is 1.93. The number of rotatable bonds is 6. The van der Waals surface area contributed by atoms with Crippen molar-refractivity contribution in [3.63, 3.8) is 0 Å². The molecule has 1 aliphatic carbocycles. The van der Waals surface area contributed by atoms with Crippen LogP contribution in [-0.2, 0) is 6.54 Å². The highest BCUT2D eigenvalue weighted by atomic mass is 35.5. The van der Waals surface area contributed by atoms with Crippen LogP contribution in [0.2, 0.25) is 5.02 Å². The Labute approximate surface area is 227 Å². The van der Waals surface area contributed by atoms with Gasteiger partial charge in [0.1, 0.15) is 16.4 Å². The zero-order chi connectivity index (χ0) is 26.1. The molecule has 7 heteroatoms. The van der Waals surface area contributed by atoms with Crippen molar-refractivity contribution < 1.29 is 9.53 Å². The van der Waals surface area contributed by atoms with E-state index in [1.165, 1.54) is 11.3 Å². The first-order chi connectivity index (χ1) is 17.9. The lowest BCUT2D eigenvalue weighted by atomic mass is 9.86. The molecule has 4 aromatic rings. The molecule has 37 heavy (non-hydrogen) atoms. The number of hydrogen-bond donors (Lipinski definition) is 1. The second kappa shape index (κ2) is 10.7. The Bertz CT molecular complexity index is 1440. The van der Waals surface area contributed by atoms with Gasteiger partial charge in [0.05, 0.1) is 12.1 Å². The Kier molecular flexibility index (Phi) is 7.40. The molecule has 1 fully saturated rings. The van der Waals surface area contributed by atoms with Gasteiger partial charge in [-0.15, -0.1) is 11.3 Å². The molecule has 0 saturated heterocycles. The quantitative estimate of drug-likeness (QED) is 0.275. The lowest BCUT2D eigenvalue weighted by molar-refractivity contribution is 0.0597. The molecule has 0 atom stereocenters. The van der Waals surface area contributed by atoms with Crippen LogP contribution >= 0.6 is 22.9 Å². The fraction of sp³-hybridized carbons (Fsp3) is 0.333. The Hall–Kier alpha value is -3.09. The fourth-order valence-electron chi connectivity index (χ4n) is 5.34. The number of carbonyl (C=O) groups excluding carboxylic acids is 1. The predicted octanol–water partition coefficient (Wildman–Crippen LogP) is 7.74. The van der Waals surface area contributed by atoms with Crippen molar-refractivity contribution in [2.24, 2.45) is 5.92 Å². The van der Waals surface area contributed by atoms with Crippen molar-refractivity contribution in [2.75, 3.05) is 12.8 Å². The van der Waals surface area contributed by atoms with Crippen molar-refractivity contribution in [3.05, 3.63) is 75.8 Å². The first kappa shape index (κ1) is 25.6. The minimum Gasteiger partial charge on any atom is -0.496 e. The molecule has 5 nitrogen and oxygen atoms in total. The number of thiophene rings is 1. The van der Waals surface area contributed by atoms with Gasteiger partial charge in [-0.05, 0) is 74.4 Å². The number of hydrogen-bond acceptors (Lipinski definition) is 5. The van der Waals surface area contributed by atoms with Crippen LogP contribution in [0.4, 0.5) is 5.82 Å². The molecule has 1 amide bonds. The summed E-state index contributed by atoms with van der Waals surface area (Å²) in [6, 6.07) is 18.0. The first-order valence-electron chi connectivity index (χ1n) is 12.7. The summed E-state index contributed by atoms with van der Waals surface area (Å²) >= 11 is 8.25. The van der Waals surface area contributed by atoms with Gasteiger partial charge in [-0.3, -0.25) is 4.79 Å². The van der Waals surface area contributed by atoms with Crippen molar-refractivity contribution in [1.29, 1.82) is 0 Å². The van der Waals surface area contributed by atoms with E-state index in [0.29, 0.717) is 28.2 Å². The molecule has 0 bridgehead atoms. The summed E-state index contributed by atoms with van der Waals surface area (Å²) in [6.45, 7) is 4.69. The number of nitrogens with zero attached hydrogens (tertiary/aromatic N) is 2. The third-order valence-corrected chi connectivity index (χ3v) is 9.12. The molecule has 2 aromatic carbocycles. The van der Waals surface area contributed by atoms with E-state index < -0.39 is 0 Å². The van der Waals surface area contributed by atoms with Gasteiger partial charge in [-0.25, -0.2) is 4.98 Å². The Morgan fingerprint density at radius 3 is 2.59 bits per heavy atom. The van der Waals surface area contributed by atoms with Crippen LogP contribution in [0, 0.1) is 12.8 Å². The van der Waals surface area contributed by atoms with Crippen LogP contribution in [0.5, 0.6) is 5.75 Å². The number of halogens is 1. The number of carbonyl (C=O) groups is 1. The van der Waals surface area contributed by atoms with Crippen LogP contribution < -0.4 is 10.5 Å². The smallest absolute Gasteiger partial charge is 0.266 e. The van der Waals surface area contributed by atoms with Gasteiger partial charge in [0.2, 0.25) is 0 Å². The van der Waals surface area contributed by atoms with Gasteiger partial charge in [0.25, 0.3) is 5.91 Å². The number of benzene rings is 2. The van der Waals surface area contributed by atoms with E-state index >= 15 is 0 Å². The summed E-state index contributed by atoms with van der Waals surface area (Å²) in [5.41, 5.74) is 9.73. The molecule has 1 aliphatic rings. The fourth-order valence-corrected chi connectivity index (χ4v) is 6.81. The summed E-state index contributed by atoms with van der Waals surface area (Å²) in [4.78, 5) is 21.2. The number of anilines is 1. The van der Waals surface area contributed by atoms with E-state index in [0.717, 1.165) is 63.9 Å². The largest absolute Gasteiger partial charge is 0.496 e. The van der Waals surface area contributed by atoms with E-state index in [2.05, 4.69) is 18.0 Å². The van der Waals surface area contributed by atoms with Crippen LogP contribution in [0.1, 0.15) is 53.5 Å². The lowest BCUT2D eigenvalue weighted by Gasteiger charge is -2.36. The maximum Gasteiger partial charge on any atom is 0.266 e.